The highest BCUT2D eigenvalue weighted by molar-refractivity contribution is 6.30. The number of aromatic carboxylic acids is 1. The van der Waals surface area contributed by atoms with Crippen molar-refractivity contribution in [1.82, 2.24) is 20.3 Å². The Morgan fingerprint density at radius 2 is 2.17 bits per heavy atom. The topological polar surface area (TPSA) is 123 Å². The van der Waals surface area contributed by atoms with Crippen LogP contribution in [0.5, 0.6) is 0 Å². The number of anilines is 1. The molecule has 2 unspecified atom stereocenters. The van der Waals surface area contributed by atoms with Crippen molar-refractivity contribution in [2.75, 3.05) is 24.6 Å². The molecule has 0 bridgehead atoms. The summed E-state index contributed by atoms with van der Waals surface area (Å²) < 4.78 is 6.02. The number of aryl methyl sites for hydroxylation is 2. The molecule has 9 nitrogen and oxygen atoms in total. The van der Waals surface area contributed by atoms with Gasteiger partial charge in [0.1, 0.15) is 5.82 Å². The molecule has 2 atom stereocenters. The predicted molar refractivity (Wildman–Crippen MR) is 114 cm³/mol. The van der Waals surface area contributed by atoms with Gasteiger partial charge in [0.25, 0.3) is 5.91 Å². The fourth-order valence-corrected chi connectivity index (χ4v) is 3.90. The van der Waals surface area contributed by atoms with E-state index in [9.17, 15) is 14.7 Å². The molecule has 1 fully saturated rings. The summed E-state index contributed by atoms with van der Waals surface area (Å²) in [6.07, 6.45) is 1.93. The molecule has 1 aliphatic heterocycles. The van der Waals surface area contributed by atoms with E-state index in [0.717, 1.165) is 17.9 Å². The molecule has 30 heavy (non-hydrogen) atoms. The van der Waals surface area contributed by atoms with Crippen molar-refractivity contribution in [2.24, 2.45) is 0 Å². The number of ether oxygens (including phenoxy) is 1. The van der Waals surface area contributed by atoms with E-state index in [1.807, 2.05) is 13.8 Å². The first-order valence-electron chi connectivity index (χ1n) is 10.2. The Kier molecular flexibility index (Phi) is 7.04. The zero-order valence-electron chi connectivity index (χ0n) is 17.4. The van der Waals surface area contributed by atoms with Crippen LogP contribution in [0.1, 0.15) is 59.1 Å². The maximum atomic E-state index is 12.7. The summed E-state index contributed by atoms with van der Waals surface area (Å²) in [5.74, 6) is -0.340. The summed E-state index contributed by atoms with van der Waals surface area (Å²) in [6, 6.07) is 1.45. The minimum Gasteiger partial charge on any atom is -0.478 e. The monoisotopic (exact) mass is 437 g/mol. The first-order chi connectivity index (χ1) is 14.3. The SMILES string of the molecule is CCCOC1CN(c2cc(C(=O)O)c(C)[nH]2)CCC1NC(=O)c1nc(Cl)c(CC)[nH]1. The molecule has 164 valence electrons. The number of halogens is 1. The summed E-state index contributed by atoms with van der Waals surface area (Å²) in [6.45, 7) is 7.45. The number of imidazole rings is 1. The van der Waals surface area contributed by atoms with Gasteiger partial charge in [-0.2, -0.15) is 0 Å². The van der Waals surface area contributed by atoms with Crippen LogP contribution in [-0.4, -0.2) is 63.8 Å². The first kappa shape index (κ1) is 22.2. The van der Waals surface area contributed by atoms with Crippen molar-refractivity contribution in [3.8, 4) is 0 Å². The largest absolute Gasteiger partial charge is 0.478 e. The number of carboxylic acid groups (broad SMARTS) is 1. The third-order valence-electron chi connectivity index (χ3n) is 5.28. The lowest BCUT2D eigenvalue weighted by Gasteiger charge is -2.39. The highest BCUT2D eigenvalue weighted by Crippen LogP contribution is 2.24. The number of amides is 1. The van der Waals surface area contributed by atoms with Crippen molar-refractivity contribution < 1.29 is 19.4 Å². The van der Waals surface area contributed by atoms with E-state index in [4.69, 9.17) is 16.3 Å². The normalized spacial score (nSPS) is 19.1. The fraction of sp³-hybridized carbons (Fsp3) is 0.550. The lowest BCUT2D eigenvalue weighted by atomic mass is 10.0. The summed E-state index contributed by atoms with van der Waals surface area (Å²) in [5, 5.41) is 12.6. The fourth-order valence-electron chi connectivity index (χ4n) is 3.64. The second-order valence-corrected chi connectivity index (χ2v) is 7.79. The van der Waals surface area contributed by atoms with Gasteiger partial charge in [0.05, 0.1) is 23.4 Å². The molecular formula is C20H28ClN5O4. The van der Waals surface area contributed by atoms with Gasteiger partial charge in [-0.1, -0.05) is 25.4 Å². The molecule has 1 amide bonds. The van der Waals surface area contributed by atoms with Gasteiger partial charge >= 0.3 is 5.97 Å². The Morgan fingerprint density at radius 3 is 2.77 bits per heavy atom. The smallest absolute Gasteiger partial charge is 0.337 e. The van der Waals surface area contributed by atoms with Crippen LogP contribution in [0.2, 0.25) is 5.15 Å². The van der Waals surface area contributed by atoms with Crippen LogP contribution in [0.3, 0.4) is 0 Å². The van der Waals surface area contributed by atoms with Crippen LogP contribution in [0.25, 0.3) is 0 Å². The highest BCUT2D eigenvalue weighted by atomic mass is 35.5. The average molecular weight is 438 g/mol. The van der Waals surface area contributed by atoms with Gasteiger partial charge in [-0.3, -0.25) is 4.79 Å². The number of aromatic amines is 2. The van der Waals surface area contributed by atoms with Gasteiger partial charge in [-0.25, -0.2) is 9.78 Å². The van der Waals surface area contributed by atoms with Gasteiger partial charge < -0.3 is 30.0 Å². The standard InChI is InChI=1S/C20H28ClN5O4/c1-4-8-30-15-10-26(16-9-12(20(28)29)11(3)22-16)7-6-14(15)24-19(27)18-23-13(5-2)17(21)25-18/h9,14-15,22H,4-8,10H2,1-3H3,(H,23,25)(H,24,27)(H,28,29). The molecule has 2 aromatic rings. The van der Waals surface area contributed by atoms with Gasteiger partial charge in [0.15, 0.2) is 11.0 Å². The molecule has 0 spiro atoms. The lowest BCUT2D eigenvalue weighted by Crippen LogP contribution is -2.55. The van der Waals surface area contributed by atoms with Crippen molar-refractivity contribution in [1.29, 1.82) is 0 Å². The molecule has 10 heteroatoms. The third-order valence-corrected chi connectivity index (χ3v) is 5.59. The molecule has 1 saturated heterocycles. The minimum atomic E-state index is -0.959. The van der Waals surface area contributed by atoms with E-state index in [1.165, 1.54) is 0 Å². The quantitative estimate of drug-likeness (QED) is 0.503. The molecule has 0 radical (unpaired) electrons. The number of nitrogens with one attached hydrogen (secondary N) is 3. The number of H-pyrrole nitrogens is 2. The van der Waals surface area contributed by atoms with Crippen molar-refractivity contribution in [2.45, 2.75) is 52.2 Å². The molecule has 0 aromatic carbocycles. The zero-order chi connectivity index (χ0) is 21.8. The molecule has 2 aromatic heterocycles. The Labute approximate surface area is 180 Å². The number of hydrogen-bond donors (Lipinski definition) is 4. The van der Waals surface area contributed by atoms with E-state index in [2.05, 4.69) is 25.2 Å². The van der Waals surface area contributed by atoms with E-state index in [-0.39, 0.29) is 29.4 Å². The van der Waals surface area contributed by atoms with Crippen LogP contribution >= 0.6 is 11.6 Å². The van der Waals surface area contributed by atoms with E-state index in [1.54, 1.807) is 13.0 Å². The van der Waals surface area contributed by atoms with Gasteiger partial charge in [0.2, 0.25) is 0 Å². The number of hydrogen-bond acceptors (Lipinski definition) is 5. The number of rotatable bonds is 8. The third kappa shape index (κ3) is 4.79. The Bertz CT molecular complexity index is 909. The molecule has 0 aliphatic carbocycles. The number of aromatic nitrogens is 3. The number of carbonyl (C=O) groups is 2. The minimum absolute atomic E-state index is 0.191. The van der Waals surface area contributed by atoms with Crippen molar-refractivity contribution in [3.05, 3.63) is 34.0 Å². The van der Waals surface area contributed by atoms with Gasteiger partial charge in [-0.05, 0) is 32.3 Å². The van der Waals surface area contributed by atoms with Crippen LogP contribution in [0, 0.1) is 6.92 Å². The predicted octanol–water partition coefficient (Wildman–Crippen LogP) is 2.76. The number of carboxylic acids is 1. The van der Waals surface area contributed by atoms with Crippen LogP contribution in [0.4, 0.5) is 5.82 Å². The summed E-state index contributed by atoms with van der Waals surface area (Å²) >= 11 is 6.05. The molecule has 4 N–H and O–H groups in total. The van der Waals surface area contributed by atoms with Crippen LogP contribution in [-0.2, 0) is 11.2 Å². The first-order valence-corrected chi connectivity index (χ1v) is 10.6. The molecular weight excluding hydrogens is 410 g/mol. The Morgan fingerprint density at radius 1 is 1.40 bits per heavy atom. The summed E-state index contributed by atoms with van der Waals surface area (Å²) in [7, 11) is 0. The van der Waals surface area contributed by atoms with Crippen molar-refractivity contribution >= 4 is 29.3 Å². The van der Waals surface area contributed by atoms with Crippen LogP contribution < -0.4 is 10.2 Å². The van der Waals surface area contributed by atoms with E-state index >= 15 is 0 Å². The maximum Gasteiger partial charge on any atom is 0.337 e. The van der Waals surface area contributed by atoms with Crippen LogP contribution in [0.15, 0.2) is 6.07 Å². The average Bonchev–Trinajstić information content (AvgIpc) is 3.29. The zero-order valence-corrected chi connectivity index (χ0v) is 18.2. The maximum absolute atomic E-state index is 12.7. The lowest BCUT2D eigenvalue weighted by molar-refractivity contribution is 0.0203. The molecule has 0 saturated carbocycles. The molecule has 3 heterocycles. The summed E-state index contributed by atoms with van der Waals surface area (Å²) in [4.78, 5) is 36.3. The number of nitrogens with zero attached hydrogens (tertiary/aromatic N) is 2. The van der Waals surface area contributed by atoms with Crippen molar-refractivity contribution in [3.63, 3.8) is 0 Å². The number of piperidine rings is 1. The molecule has 1 aliphatic rings. The number of carbonyl (C=O) groups excluding carboxylic acids is 1. The second kappa shape index (κ2) is 9.53. The van der Waals surface area contributed by atoms with E-state index < -0.39 is 5.97 Å². The van der Waals surface area contributed by atoms with Gasteiger partial charge in [0, 0.05) is 25.4 Å². The van der Waals surface area contributed by atoms with Gasteiger partial charge in [-0.15, -0.1) is 0 Å². The summed E-state index contributed by atoms with van der Waals surface area (Å²) in [5.41, 5.74) is 1.60. The second-order valence-electron chi connectivity index (χ2n) is 7.43. The molecule has 3 rings (SSSR count). The van der Waals surface area contributed by atoms with E-state index in [0.29, 0.717) is 43.4 Å². The Balaban J connectivity index is 1.72. The highest BCUT2D eigenvalue weighted by Gasteiger charge is 2.33. The Hall–Kier alpha value is -2.52.